The first-order chi connectivity index (χ1) is 5.66. The molecule has 0 fully saturated rings. The van der Waals surface area contributed by atoms with Gasteiger partial charge in [0.05, 0.1) is 0 Å². The number of aromatic hydroxyl groups is 1. The van der Waals surface area contributed by atoms with Crippen LogP contribution >= 0.6 is 0 Å². The monoisotopic (exact) mass is 169 g/mol. The second kappa shape index (κ2) is 3.54. The van der Waals surface area contributed by atoms with Crippen LogP contribution in [0.1, 0.15) is 11.1 Å². The largest absolute Gasteiger partial charge is 0.505 e. The van der Waals surface area contributed by atoms with Crippen molar-refractivity contribution in [3.8, 4) is 5.75 Å². The summed E-state index contributed by atoms with van der Waals surface area (Å²) in [6, 6.07) is 2.89. The van der Waals surface area contributed by atoms with Gasteiger partial charge in [-0.25, -0.2) is 4.39 Å². The molecule has 2 nitrogen and oxygen atoms in total. The van der Waals surface area contributed by atoms with Crippen molar-refractivity contribution in [2.75, 3.05) is 6.54 Å². The van der Waals surface area contributed by atoms with Crippen LogP contribution in [0.4, 0.5) is 4.39 Å². The Morgan fingerprint density at radius 2 is 2.17 bits per heavy atom. The fourth-order valence-corrected chi connectivity index (χ4v) is 1.17. The lowest BCUT2D eigenvalue weighted by Crippen LogP contribution is -2.04. The number of phenols is 1. The van der Waals surface area contributed by atoms with Crippen molar-refractivity contribution in [2.45, 2.75) is 13.3 Å². The van der Waals surface area contributed by atoms with Crippen molar-refractivity contribution in [3.63, 3.8) is 0 Å². The van der Waals surface area contributed by atoms with E-state index < -0.39 is 5.82 Å². The highest BCUT2D eigenvalue weighted by Crippen LogP contribution is 2.24. The number of phenolic OH excluding ortho intramolecular Hbond substituents is 1. The molecule has 1 aromatic rings. The summed E-state index contributed by atoms with van der Waals surface area (Å²) >= 11 is 0. The third kappa shape index (κ3) is 1.56. The van der Waals surface area contributed by atoms with Crippen LogP contribution in [0.2, 0.25) is 0 Å². The van der Waals surface area contributed by atoms with Crippen molar-refractivity contribution in [2.24, 2.45) is 5.73 Å². The molecule has 0 saturated heterocycles. The van der Waals surface area contributed by atoms with E-state index in [9.17, 15) is 9.50 Å². The molecular formula is C9H12FNO. The molecule has 0 aliphatic carbocycles. The first kappa shape index (κ1) is 9.00. The van der Waals surface area contributed by atoms with E-state index in [0.717, 1.165) is 5.56 Å². The summed E-state index contributed by atoms with van der Waals surface area (Å²) in [6.45, 7) is 2.24. The van der Waals surface area contributed by atoms with Crippen LogP contribution in [0, 0.1) is 12.7 Å². The topological polar surface area (TPSA) is 46.2 Å². The molecule has 0 bridgehead atoms. The number of hydrogen-bond donors (Lipinski definition) is 2. The lowest BCUT2D eigenvalue weighted by Gasteiger charge is -2.06. The molecule has 0 unspecified atom stereocenters. The van der Waals surface area contributed by atoms with Crippen LogP contribution < -0.4 is 5.73 Å². The number of halogens is 1. The molecule has 0 amide bonds. The minimum atomic E-state index is -0.580. The second-order valence-electron chi connectivity index (χ2n) is 2.73. The van der Waals surface area contributed by atoms with Gasteiger partial charge in [0, 0.05) is 5.56 Å². The van der Waals surface area contributed by atoms with E-state index in [1.54, 1.807) is 6.07 Å². The van der Waals surface area contributed by atoms with Gasteiger partial charge < -0.3 is 10.8 Å². The number of aryl methyl sites for hydroxylation is 1. The molecule has 0 aromatic heterocycles. The molecule has 0 heterocycles. The summed E-state index contributed by atoms with van der Waals surface area (Å²) in [5.74, 6) is -0.843. The van der Waals surface area contributed by atoms with Crippen molar-refractivity contribution in [1.82, 2.24) is 0 Å². The Morgan fingerprint density at radius 1 is 1.50 bits per heavy atom. The zero-order valence-corrected chi connectivity index (χ0v) is 6.97. The van der Waals surface area contributed by atoms with Crippen LogP contribution in [0.5, 0.6) is 5.75 Å². The van der Waals surface area contributed by atoms with Crippen LogP contribution in [0.15, 0.2) is 12.1 Å². The minimum absolute atomic E-state index is 0.263. The number of hydrogen-bond acceptors (Lipinski definition) is 2. The standard InChI is InChI=1S/C9H12FNO/c1-6-2-3-8(10)9(12)7(6)4-5-11/h2-3,12H,4-5,11H2,1H3. The number of rotatable bonds is 2. The Bertz CT molecular complexity index is 286. The zero-order chi connectivity index (χ0) is 9.14. The van der Waals surface area contributed by atoms with Gasteiger partial charge in [-0.1, -0.05) is 6.07 Å². The third-order valence-corrected chi connectivity index (χ3v) is 1.86. The Hall–Kier alpha value is -1.09. The SMILES string of the molecule is Cc1ccc(F)c(O)c1CCN. The zero-order valence-electron chi connectivity index (χ0n) is 6.97. The van der Waals surface area contributed by atoms with Crippen molar-refractivity contribution in [1.29, 1.82) is 0 Å². The summed E-state index contributed by atoms with van der Waals surface area (Å²) in [4.78, 5) is 0. The third-order valence-electron chi connectivity index (χ3n) is 1.86. The summed E-state index contributed by atoms with van der Waals surface area (Å²) in [5.41, 5.74) is 6.80. The first-order valence-electron chi connectivity index (χ1n) is 3.84. The molecule has 1 rings (SSSR count). The maximum Gasteiger partial charge on any atom is 0.165 e. The lowest BCUT2D eigenvalue weighted by atomic mass is 10.0. The highest BCUT2D eigenvalue weighted by Gasteiger charge is 2.08. The summed E-state index contributed by atoms with van der Waals surface area (Å²) in [5, 5.41) is 9.28. The van der Waals surface area contributed by atoms with Crippen molar-refractivity contribution >= 4 is 0 Å². The highest BCUT2D eigenvalue weighted by atomic mass is 19.1. The van der Waals surface area contributed by atoms with Crippen LogP contribution in [0.3, 0.4) is 0 Å². The smallest absolute Gasteiger partial charge is 0.165 e. The van der Waals surface area contributed by atoms with E-state index in [1.165, 1.54) is 6.07 Å². The van der Waals surface area contributed by atoms with E-state index in [-0.39, 0.29) is 5.75 Å². The Kier molecular flexibility index (Phi) is 2.65. The van der Waals surface area contributed by atoms with Gasteiger partial charge in [-0.2, -0.15) is 0 Å². The van der Waals surface area contributed by atoms with Crippen LogP contribution in [-0.2, 0) is 6.42 Å². The molecule has 3 heteroatoms. The van der Waals surface area contributed by atoms with Gasteiger partial charge in [0.1, 0.15) is 0 Å². The Balaban J connectivity index is 3.14. The number of nitrogens with two attached hydrogens (primary N) is 1. The van der Waals surface area contributed by atoms with Crippen LogP contribution in [-0.4, -0.2) is 11.7 Å². The van der Waals surface area contributed by atoms with Gasteiger partial charge in [0.2, 0.25) is 0 Å². The Morgan fingerprint density at radius 3 is 2.75 bits per heavy atom. The summed E-state index contributed by atoms with van der Waals surface area (Å²) in [6.07, 6.45) is 0.509. The van der Waals surface area contributed by atoms with E-state index in [4.69, 9.17) is 5.73 Å². The van der Waals surface area contributed by atoms with E-state index in [2.05, 4.69) is 0 Å². The van der Waals surface area contributed by atoms with Gasteiger partial charge in [-0.3, -0.25) is 0 Å². The van der Waals surface area contributed by atoms with Crippen molar-refractivity contribution < 1.29 is 9.50 Å². The van der Waals surface area contributed by atoms with E-state index in [0.29, 0.717) is 18.5 Å². The fourth-order valence-electron chi connectivity index (χ4n) is 1.17. The normalized spacial score (nSPS) is 10.2. The quantitative estimate of drug-likeness (QED) is 0.701. The molecule has 0 saturated carbocycles. The first-order valence-corrected chi connectivity index (χ1v) is 3.84. The molecule has 0 atom stereocenters. The summed E-state index contributed by atoms with van der Waals surface area (Å²) < 4.78 is 12.8. The van der Waals surface area contributed by atoms with Gasteiger partial charge in [-0.05, 0) is 31.5 Å². The van der Waals surface area contributed by atoms with Gasteiger partial charge in [0.15, 0.2) is 11.6 Å². The average molecular weight is 169 g/mol. The average Bonchev–Trinajstić information content (AvgIpc) is 2.06. The second-order valence-corrected chi connectivity index (χ2v) is 2.73. The molecule has 66 valence electrons. The molecule has 0 spiro atoms. The highest BCUT2D eigenvalue weighted by molar-refractivity contribution is 5.39. The molecule has 12 heavy (non-hydrogen) atoms. The minimum Gasteiger partial charge on any atom is -0.505 e. The lowest BCUT2D eigenvalue weighted by molar-refractivity contribution is 0.425. The molecule has 0 radical (unpaired) electrons. The molecule has 0 aliphatic heterocycles. The van der Waals surface area contributed by atoms with E-state index in [1.807, 2.05) is 6.92 Å². The van der Waals surface area contributed by atoms with Gasteiger partial charge in [0.25, 0.3) is 0 Å². The summed E-state index contributed by atoms with van der Waals surface area (Å²) in [7, 11) is 0. The predicted octanol–water partition coefficient (Wildman–Crippen LogP) is 1.34. The predicted molar refractivity (Wildman–Crippen MR) is 45.6 cm³/mol. The Labute approximate surface area is 70.8 Å². The van der Waals surface area contributed by atoms with Crippen LogP contribution in [0.25, 0.3) is 0 Å². The molecule has 3 N–H and O–H groups in total. The molecular weight excluding hydrogens is 157 g/mol. The number of benzene rings is 1. The molecule has 0 aliphatic rings. The van der Waals surface area contributed by atoms with E-state index >= 15 is 0 Å². The maximum absolute atomic E-state index is 12.8. The van der Waals surface area contributed by atoms with Gasteiger partial charge in [-0.15, -0.1) is 0 Å². The van der Waals surface area contributed by atoms with Crippen molar-refractivity contribution in [3.05, 3.63) is 29.1 Å². The fraction of sp³-hybridized carbons (Fsp3) is 0.333. The maximum atomic E-state index is 12.8. The molecule has 1 aromatic carbocycles. The van der Waals surface area contributed by atoms with Gasteiger partial charge >= 0.3 is 0 Å².